The largest absolute Gasteiger partial charge is 0.508 e. The lowest BCUT2D eigenvalue weighted by atomic mass is 10.0. The van der Waals surface area contributed by atoms with E-state index < -0.39 is 11.8 Å². The molecule has 0 aliphatic heterocycles. The maximum absolute atomic E-state index is 11.8. The van der Waals surface area contributed by atoms with E-state index in [2.05, 4.69) is 29.7 Å². The van der Waals surface area contributed by atoms with Crippen molar-refractivity contribution in [3.8, 4) is 5.75 Å². The van der Waals surface area contributed by atoms with Gasteiger partial charge < -0.3 is 10.4 Å². The molecule has 0 saturated heterocycles. The zero-order valence-electron chi connectivity index (χ0n) is 13.5. The third-order valence-corrected chi connectivity index (χ3v) is 3.29. The van der Waals surface area contributed by atoms with E-state index in [4.69, 9.17) is 0 Å². The Morgan fingerprint density at radius 3 is 2.42 bits per heavy atom. The Labute approximate surface area is 140 Å². The van der Waals surface area contributed by atoms with Gasteiger partial charge in [0, 0.05) is 5.69 Å². The predicted octanol–water partition coefficient (Wildman–Crippen LogP) is 2.60. The molecule has 0 spiro atoms. The summed E-state index contributed by atoms with van der Waals surface area (Å²) < 4.78 is 0. The van der Waals surface area contributed by atoms with Gasteiger partial charge in [-0.15, -0.1) is 0 Å². The van der Waals surface area contributed by atoms with Gasteiger partial charge >= 0.3 is 11.8 Å². The van der Waals surface area contributed by atoms with E-state index in [9.17, 15) is 14.7 Å². The van der Waals surface area contributed by atoms with Crippen LogP contribution in [0, 0.1) is 0 Å². The van der Waals surface area contributed by atoms with Crippen molar-refractivity contribution in [1.29, 1.82) is 0 Å². The maximum Gasteiger partial charge on any atom is 0.329 e. The molecule has 0 aliphatic carbocycles. The molecule has 3 N–H and O–H groups in total. The number of carbonyl (C=O) groups is 2. The highest BCUT2D eigenvalue weighted by Gasteiger charge is 2.12. The first kappa shape index (κ1) is 17.2. The molecular formula is C18H19N3O3. The minimum atomic E-state index is -0.876. The molecule has 6 nitrogen and oxygen atoms in total. The first-order chi connectivity index (χ1) is 11.5. The first-order valence-corrected chi connectivity index (χ1v) is 7.49. The SMILES string of the molecule is CC(C)c1ccc(NC(=O)C(=O)N/N=C\c2cccc(O)c2)cc1. The van der Waals surface area contributed by atoms with Gasteiger partial charge in [0.1, 0.15) is 5.75 Å². The number of rotatable bonds is 4. The molecule has 0 aliphatic rings. The molecule has 0 radical (unpaired) electrons. The Morgan fingerprint density at radius 2 is 1.79 bits per heavy atom. The molecule has 2 rings (SSSR count). The van der Waals surface area contributed by atoms with Gasteiger partial charge in [0.2, 0.25) is 0 Å². The standard InChI is InChI=1S/C18H19N3O3/c1-12(2)14-6-8-15(9-7-14)20-17(23)18(24)21-19-11-13-4-3-5-16(22)10-13/h3-12,22H,1-2H3,(H,20,23)(H,21,24)/b19-11-. The van der Waals surface area contributed by atoms with E-state index in [0.29, 0.717) is 17.2 Å². The predicted molar refractivity (Wildman–Crippen MR) is 93.0 cm³/mol. The number of hydrazone groups is 1. The fourth-order valence-electron chi connectivity index (χ4n) is 1.96. The summed E-state index contributed by atoms with van der Waals surface area (Å²) in [5.74, 6) is -1.20. The zero-order valence-corrected chi connectivity index (χ0v) is 13.5. The van der Waals surface area contributed by atoms with Crippen LogP contribution in [0.1, 0.15) is 30.9 Å². The van der Waals surface area contributed by atoms with Crippen LogP contribution < -0.4 is 10.7 Å². The monoisotopic (exact) mass is 325 g/mol. The Bertz CT molecular complexity index is 752. The maximum atomic E-state index is 11.8. The third-order valence-electron chi connectivity index (χ3n) is 3.29. The number of phenols is 1. The number of phenolic OH excluding ortho intramolecular Hbond substituents is 1. The van der Waals surface area contributed by atoms with Crippen LogP contribution in [0.4, 0.5) is 5.69 Å². The molecule has 0 saturated carbocycles. The average Bonchev–Trinajstić information content (AvgIpc) is 2.55. The van der Waals surface area contributed by atoms with Crippen molar-refractivity contribution in [3.05, 3.63) is 59.7 Å². The van der Waals surface area contributed by atoms with Gasteiger partial charge in [-0.2, -0.15) is 5.10 Å². The number of amides is 2. The molecule has 0 bridgehead atoms. The topological polar surface area (TPSA) is 90.8 Å². The highest BCUT2D eigenvalue weighted by Crippen LogP contribution is 2.17. The van der Waals surface area contributed by atoms with Gasteiger partial charge in [-0.3, -0.25) is 9.59 Å². The minimum absolute atomic E-state index is 0.0906. The van der Waals surface area contributed by atoms with E-state index in [1.54, 1.807) is 24.3 Å². The second-order valence-corrected chi connectivity index (χ2v) is 5.52. The van der Waals surface area contributed by atoms with Crippen LogP contribution in [-0.4, -0.2) is 23.1 Å². The van der Waals surface area contributed by atoms with Gasteiger partial charge in [-0.05, 0) is 41.3 Å². The Kier molecular flexibility index (Phi) is 5.68. The van der Waals surface area contributed by atoms with Crippen molar-refractivity contribution < 1.29 is 14.7 Å². The second kappa shape index (κ2) is 7.92. The molecule has 0 atom stereocenters. The van der Waals surface area contributed by atoms with Crippen molar-refractivity contribution >= 4 is 23.7 Å². The van der Waals surface area contributed by atoms with E-state index in [1.807, 2.05) is 12.1 Å². The molecule has 0 aromatic heterocycles. The number of nitrogens with zero attached hydrogens (tertiary/aromatic N) is 1. The first-order valence-electron chi connectivity index (χ1n) is 7.49. The summed E-state index contributed by atoms with van der Waals surface area (Å²) in [6.07, 6.45) is 1.34. The van der Waals surface area contributed by atoms with E-state index >= 15 is 0 Å². The molecule has 2 aromatic carbocycles. The number of hydrogen-bond donors (Lipinski definition) is 3. The summed E-state index contributed by atoms with van der Waals surface area (Å²) in [6.45, 7) is 4.15. The molecule has 6 heteroatoms. The van der Waals surface area contributed by atoms with Crippen LogP contribution in [-0.2, 0) is 9.59 Å². The number of nitrogens with one attached hydrogen (secondary N) is 2. The van der Waals surface area contributed by atoms with Crippen LogP contribution in [0.3, 0.4) is 0 Å². The summed E-state index contributed by atoms with van der Waals surface area (Å²) in [5, 5.41) is 15.5. The summed E-state index contributed by atoms with van der Waals surface area (Å²) in [4.78, 5) is 23.5. The van der Waals surface area contributed by atoms with E-state index in [-0.39, 0.29) is 5.75 Å². The molecule has 0 unspecified atom stereocenters. The second-order valence-electron chi connectivity index (χ2n) is 5.52. The molecule has 2 aromatic rings. The van der Waals surface area contributed by atoms with Gasteiger partial charge in [-0.1, -0.05) is 38.1 Å². The van der Waals surface area contributed by atoms with Crippen LogP contribution in [0.15, 0.2) is 53.6 Å². The van der Waals surface area contributed by atoms with Crippen molar-refractivity contribution in [2.45, 2.75) is 19.8 Å². The highest BCUT2D eigenvalue weighted by atomic mass is 16.3. The zero-order chi connectivity index (χ0) is 17.5. The number of carbonyl (C=O) groups excluding carboxylic acids is 2. The van der Waals surface area contributed by atoms with Crippen LogP contribution in [0.25, 0.3) is 0 Å². The molecule has 2 amide bonds. The number of aromatic hydroxyl groups is 1. The Morgan fingerprint density at radius 1 is 1.08 bits per heavy atom. The molecule has 24 heavy (non-hydrogen) atoms. The smallest absolute Gasteiger partial charge is 0.329 e. The molecule has 0 heterocycles. The number of benzene rings is 2. The molecular weight excluding hydrogens is 306 g/mol. The van der Waals surface area contributed by atoms with Crippen LogP contribution >= 0.6 is 0 Å². The summed E-state index contributed by atoms with van der Waals surface area (Å²) in [7, 11) is 0. The molecule has 124 valence electrons. The quantitative estimate of drug-likeness (QED) is 0.458. The number of anilines is 1. The fraction of sp³-hybridized carbons (Fsp3) is 0.167. The average molecular weight is 325 g/mol. The van der Waals surface area contributed by atoms with Crippen molar-refractivity contribution in [3.63, 3.8) is 0 Å². The lowest BCUT2D eigenvalue weighted by Crippen LogP contribution is -2.32. The van der Waals surface area contributed by atoms with E-state index in [1.165, 1.54) is 18.3 Å². The lowest BCUT2D eigenvalue weighted by molar-refractivity contribution is -0.136. The lowest BCUT2D eigenvalue weighted by Gasteiger charge is -2.07. The Hall–Kier alpha value is -3.15. The molecule has 0 fully saturated rings. The van der Waals surface area contributed by atoms with Crippen molar-refractivity contribution in [1.82, 2.24) is 5.43 Å². The Balaban J connectivity index is 1.89. The third kappa shape index (κ3) is 4.95. The normalized spacial score (nSPS) is 10.8. The van der Waals surface area contributed by atoms with E-state index in [0.717, 1.165) is 5.56 Å². The van der Waals surface area contributed by atoms with Crippen LogP contribution in [0.5, 0.6) is 5.75 Å². The minimum Gasteiger partial charge on any atom is -0.508 e. The summed E-state index contributed by atoms with van der Waals surface area (Å²) in [5.41, 5.74) is 4.42. The summed E-state index contributed by atoms with van der Waals surface area (Å²) >= 11 is 0. The van der Waals surface area contributed by atoms with Crippen molar-refractivity contribution in [2.24, 2.45) is 5.10 Å². The highest BCUT2D eigenvalue weighted by molar-refractivity contribution is 6.39. The van der Waals surface area contributed by atoms with Gasteiger partial charge in [0.15, 0.2) is 0 Å². The number of hydrogen-bond acceptors (Lipinski definition) is 4. The van der Waals surface area contributed by atoms with Gasteiger partial charge in [-0.25, -0.2) is 5.43 Å². The van der Waals surface area contributed by atoms with Crippen molar-refractivity contribution in [2.75, 3.05) is 5.32 Å². The fourth-order valence-corrected chi connectivity index (χ4v) is 1.96. The summed E-state index contributed by atoms with van der Waals surface area (Å²) in [6, 6.07) is 13.6. The van der Waals surface area contributed by atoms with Gasteiger partial charge in [0.25, 0.3) is 0 Å². The van der Waals surface area contributed by atoms with Gasteiger partial charge in [0.05, 0.1) is 6.21 Å². The van der Waals surface area contributed by atoms with Crippen LogP contribution in [0.2, 0.25) is 0 Å².